The van der Waals surface area contributed by atoms with Crippen molar-refractivity contribution in [3.05, 3.63) is 86.5 Å². The Morgan fingerprint density at radius 2 is 0.592 bits per heavy atom. The van der Waals surface area contributed by atoms with E-state index in [1.165, 1.54) is 18.2 Å². The molecular formula is C39H51AlO9. The first-order valence-corrected chi connectivity index (χ1v) is 16.3. The van der Waals surface area contributed by atoms with E-state index in [0.29, 0.717) is 16.7 Å². The van der Waals surface area contributed by atoms with Crippen LogP contribution in [0.2, 0.25) is 0 Å². The quantitative estimate of drug-likeness (QED) is 0.189. The molecule has 0 bridgehead atoms. The van der Waals surface area contributed by atoms with Crippen molar-refractivity contribution < 1.29 is 45.0 Å². The minimum Gasteiger partial charge on any atom is -0.872 e. The molecule has 0 aliphatic heterocycles. The van der Waals surface area contributed by atoms with Gasteiger partial charge in [-0.15, -0.1) is 0 Å². The third-order valence-corrected chi connectivity index (χ3v) is 7.98. The summed E-state index contributed by atoms with van der Waals surface area (Å²) in [5.74, 6) is -3.70. The molecule has 3 aromatic rings. The predicted molar refractivity (Wildman–Crippen MR) is 189 cm³/mol. The molecule has 0 aromatic heterocycles. The van der Waals surface area contributed by atoms with Crippen LogP contribution in [0.3, 0.4) is 0 Å². The van der Waals surface area contributed by atoms with Gasteiger partial charge in [0.05, 0.1) is 16.7 Å². The second-order valence-electron chi connectivity index (χ2n) is 13.8. The summed E-state index contributed by atoms with van der Waals surface area (Å²) in [5.41, 5.74) is 4.12. The predicted octanol–water partition coefficient (Wildman–Crippen LogP) is 7.73. The summed E-state index contributed by atoms with van der Waals surface area (Å²) < 4.78 is 0. The molecule has 0 aliphatic carbocycles. The van der Waals surface area contributed by atoms with Gasteiger partial charge in [0.1, 0.15) is 0 Å². The zero-order valence-corrected chi connectivity index (χ0v) is 32.0. The van der Waals surface area contributed by atoms with Crippen LogP contribution >= 0.6 is 0 Å². The number of carboxylic acid groups (broad SMARTS) is 3. The summed E-state index contributed by atoms with van der Waals surface area (Å²) in [6.45, 7) is 23.3. The van der Waals surface area contributed by atoms with Crippen LogP contribution < -0.4 is 15.3 Å². The van der Waals surface area contributed by atoms with Crippen LogP contribution in [-0.4, -0.2) is 50.6 Å². The molecule has 0 amide bonds. The Morgan fingerprint density at radius 3 is 0.714 bits per heavy atom. The average molecular weight is 691 g/mol. The standard InChI is InChI=1S/3C13H18O3.Al/c3*1-7(2)9-5-10(8(3)4)12(14)11(6-9)13(15)16;/h3*5-8,14H,1-4H3,(H,15,16);/q;;;+3/p-3. The summed E-state index contributed by atoms with van der Waals surface area (Å²) in [6, 6.07) is 9.93. The average Bonchev–Trinajstić information content (AvgIpc) is 2.96. The smallest absolute Gasteiger partial charge is 0.872 e. The molecule has 10 heteroatoms. The van der Waals surface area contributed by atoms with Gasteiger partial charge in [0.15, 0.2) is 0 Å². The summed E-state index contributed by atoms with van der Waals surface area (Å²) >= 11 is 0. The molecule has 0 heterocycles. The summed E-state index contributed by atoms with van der Waals surface area (Å²) in [4.78, 5) is 32.9. The molecular weight excluding hydrogens is 639 g/mol. The van der Waals surface area contributed by atoms with Gasteiger partial charge in [0.25, 0.3) is 0 Å². The van der Waals surface area contributed by atoms with Gasteiger partial charge in [-0.25, -0.2) is 14.4 Å². The van der Waals surface area contributed by atoms with Crippen molar-refractivity contribution in [2.75, 3.05) is 0 Å². The van der Waals surface area contributed by atoms with E-state index < -0.39 is 17.9 Å². The summed E-state index contributed by atoms with van der Waals surface area (Å²) in [7, 11) is 0. The molecule has 0 aliphatic rings. The van der Waals surface area contributed by atoms with Crippen LogP contribution in [0.1, 0.15) is 183 Å². The Labute approximate surface area is 301 Å². The summed E-state index contributed by atoms with van der Waals surface area (Å²) in [5, 5.41) is 62.5. The van der Waals surface area contributed by atoms with Crippen molar-refractivity contribution in [1.29, 1.82) is 0 Å². The molecule has 0 fully saturated rings. The van der Waals surface area contributed by atoms with Gasteiger partial charge in [0, 0.05) is 0 Å². The molecule has 0 saturated heterocycles. The maximum absolute atomic E-state index is 11.8. The summed E-state index contributed by atoms with van der Waals surface area (Å²) in [6.07, 6.45) is 0. The molecule has 0 unspecified atom stereocenters. The van der Waals surface area contributed by atoms with Crippen molar-refractivity contribution in [3.8, 4) is 17.2 Å². The molecule has 3 rings (SSSR count). The molecule has 3 N–H and O–H groups in total. The van der Waals surface area contributed by atoms with Crippen LogP contribution in [0.15, 0.2) is 36.4 Å². The Kier molecular flexibility index (Phi) is 17.7. The Morgan fingerprint density at radius 1 is 0.408 bits per heavy atom. The fraction of sp³-hybridized carbons (Fsp3) is 0.462. The van der Waals surface area contributed by atoms with Gasteiger partial charge in [0.2, 0.25) is 0 Å². The van der Waals surface area contributed by atoms with Crippen LogP contribution in [0, 0.1) is 0 Å². The number of benzene rings is 3. The number of hydrogen-bond acceptors (Lipinski definition) is 6. The first-order valence-electron chi connectivity index (χ1n) is 16.3. The van der Waals surface area contributed by atoms with E-state index in [0.717, 1.165) is 16.7 Å². The second-order valence-corrected chi connectivity index (χ2v) is 13.8. The van der Waals surface area contributed by atoms with Crippen LogP contribution in [0.25, 0.3) is 0 Å². The Hall–Kier alpha value is -4.00. The van der Waals surface area contributed by atoms with Crippen molar-refractivity contribution in [2.24, 2.45) is 0 Å². The molecule has 264 valence electrons. The van der Waals surface area contributed by atoms with Crippen molar-refractivity contribution in [2.45, 2.75) is 119 Å². The Balaban J connectivity index is 0.000000698. The SMILES string of the molecule is CC(C)c1cc(C(=O)O)c([O-])c(C(C)C)c1.CC(C)c1cc(C(=O)O)c([O-])c(C(C)C)c1.CC(C)c1cc(C(=O)O)c([O-])c(C(C)C)c1.[Al+3]. The molecule has 49 heavy (non-hydrogen) atoms. The fourth-order valence-corrected chi connectivity index (χ4v) is 4.79. The number of aromatic carboxylic acids is 3. The molecule has 0 radical (unpaired) electrons. The van der Waals surface area contributed by atoms with E-state index in [9.17, 15) is 29.7 Å². The van der Waals surface area contributed by atoms with E-state index in [4.69, 9.17) is 15.3 Å². The molecule has 0 spiro atoms. The second kappa shape index (κ2) is 19.3. The maximum atomic E-state index is 11.8. The first-order chi connectivity index (χ1) is 22.0. The molecule has 3 aromatic carbocycles. The van der Waals surface area contributed by atoms with Gasteiger partial charge in [-0.3, -0.25) is 0 Å². The van der Waals surface area contributed by atoms with Crippen molar-refractivity contribution in [3.63, 3.8) is 0 Å². The third-order valence-electron chi connectivity index (χ3n) is 7.98. The van der Waals surface area contributed by atoms with Gasteiger partial charge >= 0.3 is 35.3 Å². The van der Waals surface area contributed by atoms with E-state index in [2.05, 4.69) is 0 Å². The normalized spacial score (nSPS) is 10.9. The minimum absolute atomic E-state index is 0. The van der Waals surface area contributed by atoms with Gasteiger partial charge in [-0.2, -0.15) is 0 Å². The third kappa shape index (κ3) is 12.1. The van der Waals surface area contributed by atoms with Gasteiger partial charge in [-0.1, -0.05) is 135 Å². The number of carboxylic acids is 3. The van der Waals surface area contributed by atoms with Crippen LogP contribution in [0.5, 0.6) is 17.2 Å². The van der Waals surface area contributed by atoms with Crippen molar-refractivity contribution in [1.82, 2.24) is 0 Å². The van der Waals surface area contributed by atoms with E-state index >= 15 is 0 Å². The zero-order chi connectivity index (χ0) is 37.4. The van der Waals surface area contributed by atoms with E-state index in [1.54, 1.807) is 0 Å². The Bertz CT molecular complexity index is 1410. The zero-order valence-electron chi connectivity index (χ0n) is 30.8. The van der Waals surface area contributed by atoms with Crippen LogP contribution in [-0.2, 0) is 0 Å². The monoisotopic (exact) mass is 690 g/mol. The van der Waals surface area contributed by atoms with Gasteiger partial charge < -0.3 is 30.6 Å². The maximum Gasteiger partial charge on any atom is 3.00 e. The fourth-order valence-electron chi connectivity index (χ4n) is 4.79. The van der Waals surface area contributed by atoms with E-state index in [1.807, 2.05) is 101 Å². The minimum atomic E-state index is -1.14. The molecule has 0 atom stereocenters. The van der Waals surface area contributed by atoms with E-state index in [-0.39, 0.29) is 86.8 Å². The number of hydrogen-bond donors (Lipinski definition) is 3. The number of carbonyl (C=O) groups is 3. The largest absolute Gasteiger partial charge is 3.00 e. The van der Waals surface area contributed by atoms with Gasteiger partial charge in [-0.05, 0) is 70.4 Å². The first kappa shape index (κ1) is 45.0. The molecule has 9 nitrogen and oxygen atoms in total. The number of rotatable bonds is 9. The topological polar surface area (TPSA) is 181 Å². The van der Waals surface area contributed by atoms with Crippen LogP contribution in [0.4, 0.5) is 0 Å². The van der Waals surface area contributed by atoms with Crippen molar-refractivity contribution >= 4 is 35.3 Å². The molecule has 0 saturated carbocycles.